The summed E-state index contributed by atoms with van der Waals surface area (Å²) in [7, 11) is 0. The summed E-state index contributed by atoms with van der Waals surface area (Å²) in [5.41, 5.74) is 19.5. The van der Waals surface area contributed by atoms with Crippen LogP contribution < -0.4 is 0 Å². The van der Waals surface area contributed by atoms with Gasteiger partial charge in [0.25, 0.3) is 0 Å². The Labute approximate surface area is 282 Å². The van der Waals surface area contributed by atoms with Crippen molar-refractivity contribution in [2.75, 3.05) is 0 Å². The topological polar surface area (TPSA) is 0 Å². The van der Waals surface area contributed by atoms with Crippen molar-refractivity contribution in [3.8, 4) is 89.0 Å². The summed E-state index contributed by atoms with van der Waals surface area (Å²) in [6.45, 7) is 0. The molecule has 0 radical (unpaired) electrons. The molecular formula is C48H32. The summed E-state index contributed by atoms with van der Waals surface area (Å²) in [5.74, 6) is 0. The van der Waals surface area contributed by atoms with E-state index in [4.69, 9.17) is 0 Å². The van der Waals surface area contributed by atoms with Crippen LogP contribution in [-0.2, 0) is 0 Å². The highest BCUT2D eigenvalue weighted by atomic mass is 14.2. The minimum Gasteiger partial charge on any atom is -0.0616 e. The maximum Gasteiger partial charge on any atom is -0.00990 e. The van der Waals surface area contributed by atoms with Crippen LogP contribution in [-0.4, -0.2) is 0 Å². The number of hydrogen-bond acceptors (Lipinski definition) is 0. The Morgan fingerprint density at radius 3 is 0.229 bits per heavy atom. The van der Waals surface area contributed by atoms with Crippen molar-refractivity contribution >= 4 is 0 Å². The van der Waals surface area contributed by atoms with Gasteiger partial charge in [-0.05, 0) is 89.0 Å². The molecule has 0 fully saturated rings. The fourth-order valence-corrected chi connectivity index (χ4v) is 7.62. The van der Waals surface area contributed by atoms with E-state index in [0.29, 0.717) is 0 Å². The van der Waals surface area contributed by atoms with Crippen LogP contribution in [0.1, 0.15) is 0 Å². The number of benzene rings is 8. The molecule has 0 heteroatoms. The second-order valence-electron chi connectivity index (χ2n) is 12.4. The van der Waals surface area contributed by atoms with Gasteiger partial charge in [0.15, 0.2) is 0 Å². The summed E-state index contributed by atoms with van der Waals surface area (Å²) < 4.78 is 0. The molecule has 0 aromatic heterocycles. The molecule has 1 aliphatic rings. The van der Waals surface area contributed by atoms with Crippen molar-refractivity contribution in [3.63, 3.8) is 0 Å². The second kappa shape index (κ2) is 11.8. The van der Waals surface area contributed by atoms with Crippen molar-refractivity contribution in [2.45, 2.75) is 0 Å². The zero-order valence-corrected chi connectivity index (χ0v) is 26.5. The third-order valence-electron chi connectivity index (χ3n) is 9.74. The number of rotatable bonds is 0. The molecule has 9 rings (SSSR count). The molecule has 0 bridgehead atoms. The maximum absolute atomic E-state index is 2.28. The Bertz CT molecular complexity index is 1710. The van der Waals surface area contributed by atoms with Crippen molar-refractivity contribution in [1.29, 1.82) is 0 Å². The molecule has 0 saturated carbocycles. The van der Waals surface area contributed by atoms with Gasteiger partial charge in [0.1, 0.15) is 0 Å². The molecule has 224 valence electrons. The molecule has 0 amide bonds. The Kier molecular flexibility index (Phi) is 6.91. The van der Waals surface area contributed by atoms with Crippen molar-refractivity contribution in [3.05, 3.63) is 194 Å². The molecule has 0 aliphatic heterocycles. The van der Waals surface area contributed by atoms with E-state index >= 15 is 0 Å². The van der Waals surface area contributed by atoms with Crippen molar-refractivity contribution < 1.29 is 0 Å². The van der Waals surface area contributed by atoms with Gasteiger partial charge in [-0.2, -0.15) is 0 Å². The predicted octanol–water partition coefficient (Wildman–Crippen LogP) is 13.3. The minimum absolute atomic E-state index is 1.22. The lowest BCUT2D eigenvalue weighted by Gasteiger charge is -2.22. The van der Waals surface area contributed by atoms with Crippen LogP contribution in [0.25, 0.3) is 89.0 Å². The van der Waals surface area contributed by atoms with Crippen LogP contribution in [0.4, 0.5) is 0 Å². The summed E-state index contributed by atoms with van der Waals surface area (Å²) >= 11 is 0. The monoisotopic (exact) mass is 608 g/mol. The average Bonchev–Trinajstić information content (AvgIpc) is 3.18. The predicted molar refractivity (Wildman–Crippen MR) is 203 cm³/mol. The standard InChI is InChI=1S/C48H32/c1-2-18-34-33(17-1)35-19-3-4-21-37(35)39-23-7-8-25-41(39)43-27-11-12-29-45(43)47-31-15-16-32-48(47)46-30-14-13-28-44(46)42-26-10-9-24-40(42)38-22-6-5-20-36(34)38/h1-32H. The molecular weight excluding hydrogens is 577 g/mol. The summed E-state index contributed by atoms with van der Waals surface area (Å²) in [6.07, 6.45) is 0. The van der Waals surface area contributed by atoms with Gasteiger partial charge in [-0.25, -0.2) is 0 Å². The summed E-state index contributed by atoms with van der Waals surface area (Å²) in [6, 6.07) is 71.1. The first kappa shape index (κ1) is 28.0. The highest BCUT2D eigenvalue weighted by Gasteiger charge is 2.22. The van der Waals surface area contributed by atoms with E-state index in [1.54, 1.807) is 0 Å². The van der Waals surface area contributed by atoms with Gasteiger partial charge in [0, 0.05) is 0 Å². The third-order valence-corrected chi connectivity index (χ3v) is 9.74. The van der Waals surface area contributed by atoms with Gasteiger partial charge in [0.2, 0.25) is 0 Å². The van der Waals surface area contributed by atoms with Gasteiger partial charge >= 0.3 is 0 Å². The van der Waals surface area contributed by atoms with Gasteiger partial charge in [-0.3, -0.25) is 0 Å². The fourth-order valence-electron chi connectivity index (χ4n) is 7.62. The SMILES string of the molecule is c1ccc2c(c1)-c1ccccc1-c1ccccc1-c1ccccc1-c1ccccc1-c1ccccc1-c1ccccc1-c1ccccc1-2. The van der Waals surface area contributed by atoms with Crippen LogP contribution in [0.2, 0.25) is 0 Å². The van der Waals surface area contributed by atoms with Crippen LogP contribution in [0.5, 0.6) is 0 Å². The molecule has 1 aliphatic carbocycles. The smallest absolute Gasteiger partial charge is 0.00990 e. The quantitative estimate of drug-likeness (QED) is 0.161. The molecule has 0 spiro atoms. The van der Waals surface area contributed by atoms with Crippen molar-refractivity contribution in [2.24, 2.45) is 0 Å². The number of fused-ring (bicyclic) bond motifs is 16. The van der Waals surface area contributed by atoms with Gasteiger partial charge in [-0.15, -0.1) is 0 Å². The lowest BCUT2D eigenvalue weighted by atomic mass is 9.81. The lowest BCUT2D eigenvalue weighted by molar-refractivity contribution is 1.52. The Hall–Kier alpha value is -6.24. The van der Waals surface area contributed by atoms with E-state index in [9.17, 15) is 0 Å². The highest BCUT2D eigenvalue weighted by molar-refractivity contribution is 6.04. The molecule has 0 N–H and O–H groups in total. The number of hydrogen-bond donors (Lipinski definition) is 0. The molecule has 8 aromatic carbocycles. The zero-order chi connectivity index (χ0) is 31.9. The van der Waals surface area contributed by atoms with E-state index in [-0.39, 0.29) is 0 Å². The first-order chi connectivity index (χ1) is 23.9. The normalized spacial score (nSPS) is 11.3. The largest absolute Gasteiger partial charge is 0.0616 e. The first-order valence-electron chi connectivity index (χ1n) is 16.6. The lowest BCUT2D eigenvalue weighted by Crippen LogP contribution is -1.96. The zero-order valence-electron chi connectivity index (χ0n) is 26.5. The van der Waals surface area contributed by atoms with E-state index in [2.05, 4.69) is 194 Å². The molecule has 0 nitrogen and oxygen atoms in total. The Balaban J connectivity index is 1.47. The molecule has 0 unspecified atom stereocenters. The third kappa shape index (κ3) is 4.62. The Morgan fingerprint density at radius 1 is 0.104 bits per heavy atom. The molecule has 0 saturated heterocycles. The van der Waals surface area contributed by atoms with Crippen LogP contribution in [0.3, 0.4) is 0 Å². The highest BCUT2D eigenvalue weighted by Crippen LogP contribution is 2.48. The van der Waals surface area contributed by atoms with Crippen LogP contribution >= 0.6 is 0 Å². The van der Waals surface area contributed by atoms with Gasteiger partial charge in [0.05, 0.1) is 0 Å². The van der Waals surface area contributed by atoms with Gasteiger partial charge in [-0.1, -0.05) is 194 Å². The molecule has 0 atom stereocenters. The molecule has 8 aromatic rings. The Morgan fingerprint density at radius 2 is 0.167 bits per heavy atom. The van der Waals surface area contributed by atoms with Crippen LogP contribution in [0, 0.1) is 0 Å². The summed E-state index contributed by atoms with van der Waals surface area (Å²) in [4.78, 5) is 0. The average molecular weight is 609 g/mol. The fraction of sp³-hybridized carbons (Fsp3) is 0. The molecule has 0 heterocycles. The van der Waals surface area contributed by atoms with Crippen molar-refractivity contribution in [1.82, 2.24) is 0 Å². The van der Waals surface area contributed by atoms with E-state index in [0.717, 1.165) is 0 Å². The van der Waals surface area contributed by atoms with E-state index < -0.39 is 0 Å². The first-order valence-corrected chi connectivity index (χ1v) is 16.6. The minimum atomic E-state index is 1.22. The summed E-state index contributed by atoms with van der Waals surface area (Å²) in [5, 5.41) is 0. The second-order valence-corrected chi connectivity index (χ2v) is 12.4. The van der Waals surface area contributed by atoms with Gasteiger partial charge < -0.3 is 0 Å². The van der Waals surface area contributed by atoms with Crippen LogP contribution in [0.15, 0.2) is 194 Å². The van der Waals surface area contributed by atoms with E-state index in [1.165, 1.54) is 89.0 Å². The molecule has 48 heavy (non-hydrogen) atoms. The maximum atomic E-state index is 2.28. The van der Waals surface area contributed by atoms with E-state index in [1.807, 2.05) is 0 Å².